The molecular weight excluding hydrogens is 497 g/mol. The molecule has 8 nitrogen and oxygen atoms in total. The molecule has 4 aromatic rings. The average Bonchev–Trinajstić information content (AvgIpc) is 3.45. The Hall–Kier alpha value is -3.54. The predicted octanol–water partition coefficient (Wildman–Crippen LogP) is 4.64. The molecule has 11 heteroatoms. The smallest absolute Gasteiger partial charge is 0.363 e. The van der Waals surface area contributed by atoms with Crippen molar-refractivity contribution in [1.29, 1.82) is 0 Å². The monoisotopic (exact) mass is 528 g/mol. The van der Waals surface area contributed by atoms with Gasteiger partial charge in [0.05, 0.1) is 12.0 Å². The van der Waals surface area contributed by atoms with Gasteiger partial charge in [-0.1, -0.05) is 67.5 Å². The molecule has 0 unspecified atom stereocenters. The number of halogens is 3. The van der Waals surface area contributed by atoms with Gasteiger partial charge in [0.15, 0.2) is 11.5 Å². The molecule has 38 heavy (non-hydrogen) atoms. The van der Waals surface area contributed by atoms with E-state index in [9.17, 15) is 18.3 Å². The van der Waals surface area contributed by atoms with Crippen LogP contribution in [0.25, 0.3) is 23.0 Å². The van der Waals surface area contributed by atoms with Gasteiger partial charge in [0, 0.05) is 16.7 Å². The molecule has 0 saturated carbocycles. The third-order valence-electron chi connectivity index (χ3n) is 7.18. The molecule has 2 heterocycles. The van der Waals surface area contributed by atoms with Crippen LogP contribution in [-0.4, -0.2) is 37.1 Å². The van der Waals surface area contributed by atoms with Gasteiger partial charge in [0.2, 0.25) is 5.82 Å². The van der Waals surface area contributed by atoms with Crippen molar-refractivity contribution in [3.63, 3.8) is 0 Å². The van der Waals surface area contributed by atoms with Crippen LogP contribution in [0.15, 0.2) is 59.1 Å². The molecule has 202 valence electrons. The van der Waals surface area contributed by atoms with Crippen molar-refractivity contribution in [1.82, 2.24) is 19.9 Å². The lowest BCUT2D eigenvalue weighted by Crippen LogP contribution is -2.62. The van der Waals surface area contributed by atoms with Crippen molar-refractivity contribution in [2.75, 3.05) is 0 Å². The van der Waals surface area contributed by atoms with E-state index in [0.29, 0.717) is 17.8 Å². The quantitative estimate of drug-likeness (QED) is 0.298. The van der Waals surface area contributed by atoms with E-state index in [-0.39, 0.29) is 17.3 Å². The number of hydrogen-bond acceptors (Lipinski definition) is 7. The first-order valence-corrected chi connectivity index (χ1v) is 12.0. The molecule has 0 amide bonds. The third kappa shape index (κ3) is 5.09. The molecule has 4 rings (SSSR count). The molecular formula is C27H31F3N6O2. The highest BCUT2D eigenvalue weighted by atomic mass is 19.4. The van der Waals surface area contributed by atoms with E-state index in [2.05, 4.69) is 15.2 Å². The number of aromatic nitrogens is 4. The van der Waals surface area contributed by atoms with E-state index in [1.54, 1.807) is 36.7 Å². The molecule has 5 N–H and O–H groups in total. The van der Waals surface area contributed by atoms with Crippen LogP contribution in [0.1, 0.15) is 50.1 Å². The minimum absolute atomic E-state index is 0.141. The summed E-state index contributed by atoms with van der Waals surface area (Å²) in [5.41, 5.74) is 12.3. The second-order valence-electron chi connectivity index (χ2n) is 10.6. The molecule has 0 atom stereocenters. The number of hydrogen-bond donors (Lipinski definition) is 3. The Morgan fingerprint density at radius 2 is 1.58 bits per heavy atom. The number of rotatable bonds is 7. The lowest BCUT2D eigenvalue weighted by atomic mass is 9.79. The van der Waals surface area contributed by atoms with Crippen molar-refractivity contribution >= 4 is 0 Å². The maximum Gasteiger partial charge on any atom is 0.397 e. The number of aliphatic hydroxyl groups is 1. The van der Waals surface area contributed by atoms with E-state index < -0.39 is 22.9 Å². The maximum absolute atomic E-state index is 13.4. The van der Waals surface area contributed by atoms with Crippen LogP contribution < -0.4 is 11.5 Å². The highest BCUT2D eigenvalue weighted by Crippen LogP contribution is 2.40. The second-order valence-corrected chi connectivity index (χ2v) is 10.6. The minimum atomic E-state index is -4.37. The van der Waals surface area contributed by atoms with Gasteiger partial charge >= 0.3 is 6.18 Å². The largest absolute Gasteiger partial charge is 0.397 e. The van der Waals surface area contributed by atoms with Gasteiger partial charge in [-0.15, -0.1) is 0 Å². The second kappa shape index (κ2) is 9.33. The molecule has 2 aromatic carbocycles. The van der Waals surface area contributed by atoms with Gasteiger partial charge in [0.25, 0.3) is 5.89 Å². The molecule has 0 saturated heterocycles. The number of benzene rings is 2. The summed E-state index contributed by atoms with van der Waals surface area (Å²) in [6.07, 6.45) is -4.37. The fourth-order valence-corrected chi connectivity index (χ4v) is 3.88. The molecule has 0 bridgehead atoms. The standard InChI is InChI=1S/C27H31F3N6O2/c1-16-13-21(34-36(16)15-17-7-6-8-20(14-17)25(4,5)27(31,32)37)23-33-22(35-38-23)18-9-11-19(12-10-18)24(2,3)26(28,29)30/h6-14,37H,15,31-32H2,1-5H3. The van der Waals surface area contributed by atoms with E-state index in [0.717, 1.165) is 30.7 Å². The van der Waals surface area contributed by atoms with E-state index >= 15 is 0 Å². The Labute approximate surface area is 218 Å². The van der Waals surface area contributed by atoms with Crippen LogP contribution in [0.5, 0.6) is 0 Å². The first-order valence-electron chi connectivity index (χ1n) is 12.0. The summed E-state index contributed by atoms with van der Waals surface area (Å²) in [5.74, 6) is -1.47. The van der Waals surface area contributed by atoms with Gasteiger partial charge in [-0.2, -0.15) is 23.3 Å². The zero-order valence-corrected chi connectivity index (χ0v) is 21.8. The average molecular weight is 529 g/mol. The molecule has 0 aliphatic carbocycles. The number of nitrogens with two attached hydrogens (primary N) is 2. The maximum atomic E-state index is 13.4. The Balaban J connectivity index is 1.55. The molecule has 0 radical (unpaired) electrons. The summed E-state index contributed by atoms with van der Waals surface area (Å²) < 4.78 is 47.2. The topological polar surface area (TPSA) is 129 Å². The number of nitrogens with zero attached hydrogens (tertiary/aromatic N) is 4. The summed E-state index contributed by atoms with van der Waals surface area (Å²) in [6, 6.07) is 15.3. The van der Waals surface area contributed by atoms with Crippen LogP contribution in [0.3, 0.4) is 0 Å². The van der Waals surface area contributed by atoms with Crippen molar-refractivity contribution in [2.24, 2.45) is 11.5 Å². The number of aryl methyl sites for hydroxylation is 1. The summed E-state index contributed by atoms with van der Waals surface area (Å²) >= 11 is 0. The SMILES string of the molecule is Cc1cc(-c2nc(-c3ccc(C(C)(C)C(F)(F)F)cc3)no2)nn1Cc1cccc(C(C)(C)C(N)(N)O)c1. The van der Waals surface area contributed by atoms with Crippen LogP contribution in [0.2, 0.25) is 0 Å². The van der Waals surface area contributed by atoms with Crippen LogP contribution in [0, 0.1) is 6.92 Å². The van der Waals surface area contributed by atoms with Gasteiger partial charge in [0.1, 0.15) is 0 Å². The molecule has 0 aliphatic heterocycles. The summed E-state index contributed by atoms with van der Waals surface area (Å²) in [6.45, 7) is 8.13. The molecule has 0 aliphatic rings. The normalized spacial score (nSPS) is 13.2. The highest BCUT2D eigenvalue weighted by Gasteiger charge is 2.48. The first kappa shape index (κ1) is 27.5. The molecule has 2 aromatic heterocycles. The Morgan fingerprint density at radius 1 is 0.921 bits per heavy atom. The number of alkyl halides is 3. The van der Waals surface area contributed by atoms with Crippen molar-refractivity contribution in [3.05, 3.63) is 77.0 Å². The van der Waals surface area contributed by atoms with E-state index in [1.807, 2.05) is 31.2 Å². The van der Waals surface area contributed by atoms with Crippen LogP contribution >= 0.6 is 0 Å². The van der Waals surface area contributed by atoms with Gasteiger partial charge in [-0.3, -0.25) is 16.1 Å². The van der Waals surface area contributed by atoms with Crippen molar-refractivity contribution in [2.45, 2.75) is 64.0 Å². The fourth-order valence-electron chi connectivity index (χ4n) is 3.88. The Kier molecular flexibility index (Phi) is 6.75. The minimum Gasteiger partial charge on any atom is -0.363 e. The van der Waals surface area contributed by atoms with Gasteiger partial charge < -0.3 is 9.63 Å². The lowest BCUT2D eigenvalue weighted by molar-refractivity contribution is -0.180. The van der Waals surface area contributed by atoms with Gasteiger partial charge in [-0.05, 0) is 43.5 Å². The lowest BCUT2D eigenvalue weighted by Gasteiger charge is -2.37. The molecule has 0 fully saturated rings. The predicted molar refractivity (Wildman–Crippen MR) is 137 cm³/mol. The Morgan fingerprint density at radius 3 is 2.18 bits per heavy atom. The highest BCUT2D eigenvalue weighted by molar-refractivity contribution is 5.58. The third-order valence-corrected chi connectivity index (χ3v) is 7.18. The van der Waals surface area contributed by atoms with Gasteiger partial charge in [-0.25, -0.2) is 0 Å². The summed E-state index contributed by atoms with van der Waals surface area (Å²) in [4.78, 5) is 4.39. The van der Waals surface area contributed by atoms with Crippen molar-refractivity contribution in [3.8, 4) is 23.0 Å². The molecule has 0 spiro atoms. The van der Waals surface area contributed by atoms with E-state index in [1.165, 1.54) is 12.1 Å². The first-order chi connectivity index (χ1) is 17.5. The fraction of sp³-hybridized carbons (Fsp3) is 0.370. The summed E-state index contributed by atoms with van der Waals surface area (Å²) in [7, 11) is 0. The van der Waals surface area contributed by atoms with Crippen molar-refractivity contribution < 1.29 is 22.8 Å². The zero-order chi connectivity index (χ0) is 28.1. The van der Waals surface area contributed by atoms with E-state index in [4.69, 9.17) is 16.0 Å². The van der Waals surface area contributed by atoms with Crippen LogP contribution in [-0.2, 0) is 17.4 Å². The Bertz CT molecular complexity index is 1430. The zero-order valence-electron chi connectivity index (χ0n) is 21.8. The summed E-state index contributed by atoms with van der Waals surface area (Å²) in [5, 5.41) is 18.8. The van der Waals surface area contributed by atoms with Crippen LogP contribution in [0.4, 0.5) is 13.2 Å².